The predicted octanol–water partition coefficient (Wildman–Crippen LogP) is 3.56. The maximum atomic E-state index is 9.09. The Morgan fingerprint density at radius 3 is 2.33 bits per heavy atom. The summed E-state index contributed by atoms with van der Waals surface area (Å²) >= 11 is 0. The third-order valence-electron chi connectivity index (χ3n) is 2.68. The molecule has 1 aromatic carbocycles. The number of aliphatic hydroxyl groups excluding tert-OH is 1. The molecule has 0 spiro atoms. The molecule has 1 rings (SSSR count). The van der Waals surface area contributed by atoms with Gasteiger partial charge >= 0.3 is 0 Å². The summed E-state index contributed by atoms with van der Waals surface area (Å²) in [7, 11) is 0. The van der Waals surface area contributed by atoms with Gasteiger partial charge in [-0.1, -0.05) is 49.6 Å². The molecule has 1 N–H and O–H groups in total. The quantitative estimate of drug-likeness (QED) is 0.676. The van der Waals surface area contributed by atoms with Crippen LogP contribution < -0.4 is 0 Å². The van der Waals surface area contributed by atoms with E-state index >= 15 is 0 Å². The van der Waals surface area contributed by atoms with Crippen molar-refractivity contribution in [1.82, 2.24) is 0 Å². The van der Waals surface area contributed by atoms with Crippen molar-refractivity contribution in [2.24, 2.45) is 0 Å². The molecule has 0 bridgehead atoms. The van der Waals surface area contributed by atoms with Gasteiger partial charge in [-0.15, -0.1) is 0 Å². The Balaban J connectivity index is 1.98. The first-order valence-electron chi connectivity index (χ1n) is 6.01. The lowest BCUT2D eigenvalue weighted by Gasteiger charge is -2.04. The Labute approximate surface area is 93.1 Å². The van der Waals surface area contributed by atoms with Gasteiger partial charge in [-0.3, -0.25) is 0 Å². The lowest BCUT2D eigenvalue weighted by Crippen LogP contribution is -1.98. The summed E-state index contributed by atoms with van der Waals surface area (Å²) in [5.74, 6) is 0. The van der Waals surface area contributed by atoms with E-state index in [2.05, 4.69) is 30.3 Å². The number of hydrogen-bond acceptors (Lipinski definition) is 1. The van der Waals surface area contributed by atoms with Crippen LogP contribution in [0.2, 0.25) is 0 Å². The van der Waals surface area contributed by atoms with Gasteiger partial charge in [0.1, 0.15) is 0 Å². The second-order valence-corrected chi connectivity index (χ2v) is 4.29. The molecule has 1 nitrogen and oxygen atoms in total. The minimum Gasteiger partial charge on any atom is -0.393 e. The average Bonchev–Trinajstić information content (AvgIpc) is 2.24. The van der Waals surface area contributed by atoms with Crippen molar-refractivity contribution >= 4 is 0 Å². The van der Waals surface area contributed by atoms with Gasteiger partial charge in [-0.05, 0) is 31.7 Å². The molecule has 0 fully saturated rings. The van der Waals surface area contributed by atoms with Crippen LogP contribution in [0.3, 0.4) is 0 Å². The zero-order chi connectivity index (χ0) is 10.9. The van der Waals surface area contributed by atoms with Gasteiger partial charge in [0.15, 0.2) is 0 Å². The Kier molecular flexibility index (Phi) is 6.10. The van der Waals surface area contributed by atoms with E-state index in [0.29, 0.717) is 0 Å². The molecule has 84 valence electrons. The number of aryl methyl sites for hydroxylation is 1. The maximum absolute atomic E-state index is 9.09. The van der Waals surface area contributed by atoms with Crippen LogP contribution in [0.5, 0.6) is 0 Å². The van der Waals surface area contributed by atoms with E-state index in [0.717, 1.165) is 12.8 Å². The second kappa shape index (κ2) is 7.47. The van der Waals surface area contributed by atoms with Gasteiger partial charge in [0.25, 0.3) is 0 Å². The van der Waals surface area contributed by atoms with Crippen molar-refractivity contribution in [2.75, 3.05) is 0 Å². The molecule has 0 radical (unpaired) electrons. The Hall–Kier alpha value is -0.820. The summed E-state index contributed by atoms with van der Waals surface area (Å²) in [5, 5.41) is 9.09. The van der Waals surface area contributed by atoms with Crippen molar-refractivity contribution in [3.05, 3.63) is 35.9 Å². The van der Waals surface area contributed by atoms with Gasteiger partial charge in [-0.25, -0.2) is 0 Å². The second-order valence-electron chi connectivity index (χ2n) is 4.29. The minimum absolute atomic E-state index is 0.126. The highest BCUT2D eigenvalue weighted by Crippen LogP contribution is 2.09. The van der Waals surface area contributed by atoms with E-state index in [-0.39, 0.29) is 6.10 Å². The van der Waals surface area contributed by atoms with Crippen LogP contribution in [-0.4, -0.2) is 11.2 Å². The molecule has 0 saturated carbocycles. The molecular formula is C14H22O. The average molecular weight is 206 g/mol. The van der Waals surface area contributed by atoms with Crippen molar-refractivity contribution in [1.29, 1.82) is 0 Å². The molecule has 0 aliphatic rings. The third kappa shape index (κ3) is 6.29. The molecule has 15 heavy (non-hydrogen) atoms. The Bertz CT molecular complexity index is 241. The molecular weight excluding hydrogens is 184 g/mol. The van der Waals surface area contributed by atoms with Gasteiger partial charge < -0.3 is 5.11 Å². The van der Waals surface area contributed by atoms with E-state index in [9.17, 15) is 0 Å². The summed E-state index contributed by atoms with van der Waals surface area (Å²) in [4.78, 5) is 0. The monoisotopic (exact) mass is 206 g/mol. The first-order chi connectivity index (χ1) is 7.29. The first-order valence-corrected chi connectivity index (χ1v) is 6.01. The smallest absolute Gasteiger partial charge is 0.0512 e. The molecule has 0 aliphatic heterocycles. The lowest BCUT2D eigenvalue weighted by atomic mass is 10.0. The van der Waals surface area contributed by atoms with Crippen molar-refractivity contribution in [3.8, 4) is 0 Å². The minimum atomic E-state index is -0.126. The number of benzene rings is 1. The number of hydrogen-bond donors (Lipinski definition) is 1. The highest BCUT2D eigenvalue weighted by atomic mass is 16.3. The highest BCUT2D eigenvalue weighted by molar-refractivity contribution is 5.14. The summed E-state index contributed by atoms with van der Waals surface area (Å²) in [5.41, 5.74) is 1.44. The van der Waals surface area contributed by atoms with Crippen LogP contribution in [0.1, 0.15) is 44.6 Å². The summed E-state index contributed by atoms with van der Waals surface area (Å²) in [6.45, 7) is 1.87. The zero-order valence-corrected chi connectivity index (χ0v) is 9.65. The normalized spacial score (nSPS) is 12.7. The molecule has 0 heterocycles. The lowest BCUT2D eigenvalue weighted by molar-refractivity contribution is 0.180. The maximum Gasteiger partial charge on any atom is 0.0512 e. The molecule has 0 aliphatic carbocycles. The largest absolute Gasteiger partial charge is 0.393 e. The van der Waals surface area contributed by atoms with Crippen molar-refractivity contribution in [2.45, 2.75) is 51.6 Å². The van der Waals surface area contributed by atoms with E-state index in [1.54, 1.807) is 0 Å². The fraction of sp³-hybridized carbons (Fsp3) is 0.571. The van der Waals surface area contributed by atoms with Crippen molar-refractivity contribution in [3.63, 3.8) is 0 Å². The molecule has 1 heteroatoms. The van der Waals surface area contributed by atoms with E-state index in [1.165, 1.54) is 31.2 Å². The summed E-state index contributed by atoms with van der Waals surface area (Å²) in [6.07, 6.45) is 6.97. The topological polar surface area (TPSA) is 20.2 Å². The number of unbranched alkanes of at least 4 members (excludes halogenated alkanes) is 3. The Morgan fingerprint density at radius 2 is 1.67 bits per heavy atom. The molecule has 0 saturated heterocycles. The van der Waals surface area contributed by atoms with E-state index in [1.807, 2.05) is 6.92 Å². The van der Waals surface area contributed by atoms with Crippen LogP contribution in [0.25, 0.3) is 0 Å². The van der Waals surface area contributed by atoms with E-state index in [4.69, 9.17) is 5.11 Å². The van der Waals surface area contributed by atoms with Crippen LogP contribution in [-0.2, 0) is 6.42 Å². The zero-order valence-electron chi connectivity index (χ0n) is 9.65. The van der Waals surface area contributed by atoms with Crippen LogP contribution >= 0.6 is 0 Å². The number of rotatable bonds is 7. The predicted molar refractivity (Wildman–Crippen MR) is 64.9 cm³/mol. The van der Waals surface area contributed by atoms with Crippen LogP contribution in [0, 0.1) is 0 Å². The molecule has 1 aromatic rings. The molecule has 1 atom stereocenters. The first kappa shape index (κ1) is 12.3. The highest BCUT2D eigenvalue weighted by Gasteiger charge is 1.96. The summed E-state index contributed by atoms with van der Waals surface area (Å²) in [6, 6.07) is 10.6. The van der Waals surface area contributed by atoms with Crippen molar-refractivity contribution < 1.29 is 5.11 Å². The Morgan fingerprint density at radius 1 is 1.00 bits per heavy atom. The fourth-order valence-electron chi connectivity index (χ4n) is 1.77. The van der Waals surface area contributed by atoms with Crippen LogP contribution in [0.15, 0.2) is 30.3 Å². The standard InChI is InChI=1S/C14H22O/c1-13(15)9-5-2-3-6-10-14-11-7-4-8-12-14/h4,7-8,11-13,15H,2-3,5-6,9-10H2,1H3. The fourth-order valence-corrected chi connectivity index (χ4v) is 1.77. The third-order valence-corrected chi connectivity index (χ3v) is 2.68. The molecule has 0 amide bonds. The molecule has 1 unspecified atom stereocenters. The van der Waals surface area contributed by atoms with Gasteiger partial charge in [0.2, 0.25) is 0 Å². The molecule has 0 aromatic heterocycles. The SMILES string of the molecule is CC(O)CCCCCCc1ccccc1. The van der Waals surface area contributed by atoms with Crippen LogP contribution in [0.4, 0.5) is 0 Å². The van der Waals surface area contributed by atoms with Gasteiger partial charge in [-0.2, -0.15) is 0 Å². The number of aliphatic hydroxyl groups is 1. The van der Waals surface area contributed by atoms with Gasteiger partial charge in [0.05, 0.1) is 6.10 Å². The van der Waals surface area contributed by atoms with E-state index < -0.39 is 0 Å². The van der Waals surface area contributed by atoms with Gasteiger partial charge in [0, 0.05) is 0 Å². The summed E-state index contributed by atoms with van der Waals surface area (Å²) < 4.78 is 0.